The number of hydrogen-bond donors (Lipinski definition) is 1. The lowest BCUT2D eigenvalue weighted by Gasteiger charge is -2.39. The number of nitrogens with one attached hydrogen (secondary N) is 1. The number of ether oxygens (including phenoxy) is 1. The highest BCUT2D eigenvalue weighted by Crippen LogP contribution is 2.29. The van der Waals surface area contributed by atoms with Crippen LogP contribution in [0.1, 0.15) is 23.2 Å². The summed E-state index contributed by atoms with van der Waals surface area (Å²) in [6, 6.07) is 7.03. The van der Waals surface area contributed by atoms with Crippen molar-refractivity contribution in [3.05, 3.63) is 41.8 Å². The lowest BCUT2D eigenvalue weighted by molar-refractivity contribution is 0.00946. The monoisotopic (exact) mass is 300 g/mol. The zero-order valence-electron chi connectivity index (χ0n) is 12.1. The third kappa shape index (κ3) is 2.40. The van der Waals surface area contributed by atoms with Crippen LogP contribution in [-0.4, -0.2) is 36.1 Å². The summed E-state index contributed by atoms with van der Waals surface area (Å²) >= 11 is 0. The Morgan fingerprint density at radius 1 is 1.27 bits per heavy atom. The number of fused-ring (bicyclic) bond motifs is 3. The number of ketones is 1. The van der Waals surface area contributed by atoms with Crippen molar-refractivity contribution < 1.29 is 13.9 Å². The van der Waals surface area contributed by atoms with Gasteiger partial charge in [0.1, 0.15) is 5.82 Å². The Bertz CT molecular complexity index is 722. The number of nitrogens with zero attached hydrogens (tertiary/aromatic N) is 1. The van der Waals surface area contributed by atoms with Crippen molar-refractivity contribution in [2.24, 2.45) is 5.92 Å². The Balaban J connectivity index is 1.66. The number of carbonyl (C=O) groups is 1. The number of hydrogen-bond acceptors (Lipinski definition) is 4. The number of pyridine rings is 1. The van der Waals surface area contributed by atoms with Crippen molar-refractivity contribution in [3.8, 4) is 0 Å². The molecule has 1 aromatic heterocycles. The Morgan fingerprint density at radius 2 is 2.05 bits per heavy atom. The summed E-state index contributed by atoms with van der Waals surface area (Å²) in [4.78, 5) is 16.9. The van der Waals surface area contributed by atoms with Crippen molar-refractivity contribution in [1.82, 2.24) is 10.3 Å². The molecule has 0 aliphatic carbocycles. The molecule has 2 aromatic rings. The molecule has 0 radical (unpaired) electrons. The second-order valence-corrected chi connectivity index (χ2v) is 6.16. The van der Waals surface area contributed by atoms with Gasteiger partial charge in [-0.05, 0) is 25.0 Å². The molecule has 4 nitrogen and oxygen atoms in total. The van der Waals surface area contributed by atoms with Gasteiger partial charge in [-0.15, -0.1) is 0 Å². The number of piperidine rings is 1. The molecule has 1 aromatic carbocycles. The van der Waals surface area contributed by atoms with Crippen LogP contribution in [0.5, 0.6) is 0 Å². The average Bonchev–Trinajstić information content (AvgIpc) is 2.53. The molecule has 0 saturated carbocycles. The molecule has 22 heavy (non-hydrogen) atoms. The first-order chi connectivity index (χ1) is 10.7. The van der Waals surface area contributed by atoms with E-state index in [1.165, 1.54) is 6.07 Å². The molecular formula is C17H17FN2O2. The van der Waals surface area contributed by atoms with Crippen LogP contribution < -0.4 is 5.32 Å². The van der Waals surface area contributed by atoms with E-state index in [2.05, 4.69) is 10.3 Å². The van der Waals surface area contributed by atoms with E-state index in [1.54, 1.807) is 18.3 Å². The van der Waals surface area contributed by atoms with Gasteiger partial charge in [-0.3, -0.25) is 9.78 Å². The van der Waals surface area contributed by atoms with E-state index >= 15 is 0 Å². The highest BCUT2D eigenvalue weighted by molar-refractivity contribution is 6.01. The van der Waals surface area contributed by atoms with Gasteiger partial charge in [0.25, 0.3) is 0 Å². The van der Waals surface area contributed by atoms with Gasteiger partial charge < -0.3 is 10.1 Å². The van der Waals surface area contributed by atoms with Crippen molar-refractivity contribution in [3.63, 3.8) is 0 Å². The topological polar surface area (TPSA) is 51.2 Å². The summed E-state index contributed by atoms with van der Waals surface area (Å²) in [6.07, 6.45) is 3.04. The molecule has 2 aliphatic heterocycles. The molecule has 2 aliphatic rings. The predicted molar refractivity (Wildman–Crippen MR) is 80.3 cm³/mol. The number of benzene rings is 1. The molecule has 0 amide bonds. The zero-order chi connectivity index (χ0) is 15.1. The minimum Gasteiger partial charge on any atom is -0.378 e. The van der Waals surface area contributed by atoms with Gasteiger partial charge in [-0.1, -0.05) is 6.07 Å². The lowest BCUT2D eigenvalue weighted by atomic mass is 9.82. The zero-order valence-corrected chi connectivity index (χ0v) is 12.1. The lowest BCUT2D eigenvalue weighted by Crippen LogP contribution is -2.55. The maximum Gasteiger partial charge on any atom is 0.169 e. The first kappa shape index (κ1) is 13.8. The van der Waals surface area contributed by atoms with Crippen molar-refractivity contribution in [2.75, 3.05) is 13.2 Å². The van der Waals surface area contributed by atoms with Crippen LogP contribution in [0.25, 0.3) is 10.9 Å². The molecule has 2 saturated heterocycles. The van der Waals surface area contributed by atoms with Crippen molar-refractivity contribution >= 4 is 16.7 Å². The Labute approximate surface area is 127 Å². The molecule has 0 spiro atoms. The van der Waals surface area contributed by atoms with E-state index in [-0.39, 0.29) is 29.3 Å². The fourth-order valence-corrected chi connectivity index (χ4v) is 3.56. The van der Waals surface area contributed by atoms with Crippen LogP contribution in [0.4, 0.5) is 4.39 Å². The smallest absolute Gasteiger partial charge is 0.169 e. The maximum absolute atomic E-state index is 14.3. The van der Waals surface area contributed by atoms with E-state index in [0.29, 0.717) is 31.6 Å². The quantitative estimate of drug-likeness (QED) is 0.865. The minimum atomic E-state index is -0.476. The van der Waals surface area contributed by atoms with Gasteiger partial charge in [0.05, 0.1) is 24.3 Å². The molecule has 2 unspecified atom stereocenters. The van der Waals surface area contributed by atoms with E-state index in [4.69, 9.17) is 4.74 Å². The van der Waals surface area contributed by atoms with E-state index < -0.39 is 5.82 Å². The van der Waals surface area contributed by atoms with Crippen LogP contribution in [0.2, 0.25) is 0 Å². The van der Waals surface area contributed by atoms with Gasteiger partial charge in [0.15, 0.2) is 5.78 Å². The Kier molecular flexibility index (Phi) is 3.39. The van der Waals surface area contributed by atoms with Gasteiger partial charge in [-0.25, -0.2) is 4.39 Å². The third-order valence-corrected chi connectivity index (χ3v) is 4.58. The second kappa shape index (κ2) is 5.41. The normalized spacial score (nSPS) is 27.8. The molecule has 2 fully saturated rings. The molecular weight excluding hydrogens is 283 g/mol. The first-order valence-corrected chi connectivity index (χ1v) is 7.63. The summed E-state index contributed by atoms with van der Waals surface area (Å²) in [7, 11) is 0. The molecule has 1 N–H and O–H groups in total. The molecule has 2 bridgehead atoms. The standard InChI is InChI=1S/C17H17FN2O2/c18-15-7-16-10(2-1-3-19-16)6-14(15)17(21)11-4-12-8-22-9-13(5-11)20-12/h1-3,6-7,11-13,20H,4-5,8-9H2. The van der Waals surface area contributed by atoms with Crippen molar-refractivity contribution in [2.45, 2.75) is 24.9 Å². The Hall–Kier alpha value is -1.85. The predicted octanol–water partition coefficient (Wildman–Crippen LogP) is 2.32. The average molecular weight is 300 g/mol. The fraction of sp³-hybridized carbons (Fsp3) is 0.412. The molecule has 3 heterocycles. The summed E-state index contributed by atoms with van der Waals surface area (Å²) < 4.78 is 19.8. The van der Waals surface area contributed by atoms with E-state index in [1.807, 2.05) is 6.07 Å². The van der Waals surface area contributed by atoms with Gasteiger partial charge >= 0.3 is 0 Å². The van der Waals surface area contributed by atoms with Crippen LogP contribution in [0.3, 0.4) is 0 Å². The van der Waals surface area contributed by atoms with Crippen LogP contribution in [0.15, 0.2) is 30.5 Å². The molecule has 4 rings (SSSR count). The summed E-state index contributed by atoms with van der Waals surface area (Å²) in [5.74, 6) is -0.707. The minimum absolute atomic E-state index is 0.0957. The van der Waals surface area contributed by atoms with Crippen molar-refractivity contribution in [1.29, 1.82) is 0 Å². The van der Waals surface area contributed by atoms with Gasteiger partial charge in [0, 0.05) is 35.7 Å². The number of halogens is 1. The SMILES string of the molecule is O=C(c1cc2cccnc2cc1F)C1CC2COCC(C1)N2. The number of aromatic nitrogens is 1. The van der Waals surface area contributed by atoms with E-state index in [9.17, 15) is 9.18 Å². The molecule has 2 atom stereocenters. The highest BCUT2D eigenvalue weighted by Gasteiger charge is 2.36. The molecule has 5 heteroatoms. The number of Topliss-reactive ketones (excluding diaryl/α,β-unsaturated/α-hetero) is 1. The van der Waals surface area contributed by atoms with Gasteiger partial charge in [-0.2, -0.15) is 0 Å². The number of carbonyl (C=O) groups excluding carboxylic acids is 1. The van der Waals surface area contributed by atoms with Crippen LogP contribution in [-0.2, 0) is 4.74 Å². The number of morpholine rings is 1. The fourth-order valence-electron chi connectivity index (χ4n) is 3.56. The largest absolute Gasteiger partial charge is 0.378 e. The summed E-state index contributed by atoms with van der Waals surface area (Å²) in [5.41, 5.74) is 0.763. The maximum atomic E-state index is 14.3. The highest BCUT2D eigenvalue weighted by atomic mass is 19.1. The second-order valence-electron chi connectivity index (χ2n) is 6.16. The van der Waals surface area contributed by atoms with Gasteiger partial charge in [0.2, 0.25) is 0 Å². The van der Waals surface area contributed by atoms with Crippen LogP contribution >= 0.6 is 0 Å². The van der Waals surface area contributed by atoms with E-state index in [0.717, 1.165) is 5.39 Å². The molecule has 114 valence electrons. The summed E-state index contributed by atoms with van der Waals surface area (Å²) in [6.45, 7) is 1.26. The van der Waals surface area contributed by atoms with Crippen LogP contribution in [0, 0.1) is 11.7 Å². The first-order valence-electron chi connectivity index (χ1n) is 7.63. The Morgan fingerprint density at radius 3 is 2.82 bits per heavy atom. The third-order valence-electron chi connectivity index (χ3n) is 4.58. The number of rotatable bonds is 2. The summed E-state index contributed by atoms with van der Waals surface area (Å²) in [5, 5.41) is 4.25.